The topological polar surface area (TPSA) is 46.2 Å². The maximum atomic E-state index is 13.4. The van der Waals surface area contributed by atoms with Crippen LogP contribution in [0.1, 0.15) is 16.7 Å². The van der Waals surface area contributed by atoms with Crippen molar-refractivity contribution in [3.63, 3.8) is 0 Å². The minimum absolute atomic E-state index is 0.101. The smallest absolute Gasteiger partial charge is 0.212 e. The number of halogens is 2. The van der Waals surface area contributed by atoms with Gasteiger partial charge in [-0.1, -0.05) is 35.9 Å². The van der Waals surface area contributed by atoms with Crippen LogP contribution < -0.4 is 4.72 Å². The molecular formula is C15H15F2NO2S. The average Bonchev–Trinajstić information content (AvgIpc) is 2.40. The van der Waals surface area contributed by atoms with E-state index >= 15 is 0 Å². The second kappa shape index (κ2) is 6.32. The number of aryl methyl sites for hydroxylation is 1. The Kier molecular flexibility index (Phi) is 4.69. The van der Waals surface area contributed by atoms with Crippen molar-refractivity contribution >= 4 is 10.0 Å². The summed E-state index contributed by atoms with van der Waals surface area (Å²) >= 11 is 0. The molecule has 0 heterocycles. The number of hydrogen-bond donors (Lipinski definition) is 1. The van der Waals surface area contributed by atoms with Crippen LogP contribution in [0.25, 0.3) is 0 Å². The third kappa shape index (κ3) is 4.61. The van der Waals surface area contributed by atoms with Crippen LogP contribution in [-0.2, 0) is 22.3 Å². The highest BCUT2D eigenvalue weighted by Crippen LogP contribution is 2.11. The van der Waals surface area contributed by atoms with Gasteiger partial charge in [0.25, 0.3) is 0 Å². The molecule has 0 spiro atoms. The van der Waals surface area contributed by atoms with Crippen molar-refractivity contribution in [2.24, 2.45) is 0 Å². The first-order valence-corrected chi connectivity index (χ1v) is 7.98. The van der Waals surface area contributed by atoms with Crippen molar-refractivity contribution in [2.45, 2.75) is 19.2 Å². The molecule has 112 valence electrons. The highest BCUT2D eigenvalue weighted by Gasteiger charge is 2.13. The Labute approximate surface area is 122 Å². The lowest BCUT2D eigenvalue weighted by Gasteiger charge is -2.08. The van der Waals surface area contributed by atoms with Crippen molar-refractivity contribution in [1.82, 2.24) is 4.72 Å². The van der Waals surface area contributed by atoms with E-state index in [0.717, 1.165) is 17.7 Å². The van der Waals surface area contributed by atoms with Crippen molar-refractivity contribution < 1.29 is 17.2 Å². The van der Waals surface area contributed by atoms with Crippen LogP contribution in [0.5, 0.6) is 0 Å². The van der Waals surface area contributed by atoms with Crippen LogP contribution in [0.15, 0.2) is 42.5 Å². The molecule has 0 radical (unpaired) electrons. The SMILES string of the molecule is Cc1ccc(CS(=O)(=O)NCc2ccc(F)cc2F)cc1. The molecular weight excluding hydrogens is 296 g/mol. The van der Waals surface area contributed by atoms with Crippen LogP contribution >= 0.6 is 0 Å². The summed E-state index contributed by atoms with van der Waals surface area (Å²) in [5.41, 5.74) is 1.79. The predicted octanol–water partition coefficient (Wildman–Crippen LogP) is 2.89. The Balaban J connectivity index is 2.02. The Morgan fingerprint density at radius 1 is 1.05 bits per heavy atom. The van der Waals surface area contributed by atoms with Crippen molar-refractivity contribution in [2.75, 3.05) is 0 Å². The van der Waals surface area contributed by atoms with Gasteiger partial charge in [-0.3, -0.25) is 0 Å². The average molecular weight is 311 g/mol. The maximum absolute atomic E-state index is 13.4. The molecule has 0 saturated heterocycles. The molecule has 0 saturated carbocycles. The van der Waals surface area contributed by atoms with Gasteiger partial charge in [0, 0.05) is 18.2 Å². The molecule has 1 N–H and O–H groups in total. The van der Waals surface area contributed by atoms with Crippen LogP contribution in [0, 0.1) is 18.6 Å². The van der Waals surface area contributed by atoms with Gasteiger partial charge in [0.05, 0.1) is 5.75 Å². The van der Waals surface area contributed by atoms with Gasteiger partial charge in [-0.2, -0.15) is 0 Å². The van der Waals surface area contributed by atoms with Gasteiger partial charge >= 0.3 is 0 Å². The number of rotatable bonds is 5. The van der Waals surface area contributed by atoms with Crippen LogP contribution in [0.3, 0.4) is 0 Å². The molecule has 21 heavy (non-hydrogen) atoms. The molecule has 2 aromatic carbocycles. The molecule has 0 atom stereocenters. The highest BCUT2D eigenvalue weighted by molar-refractivity contribution is 7.88. The van der Waals surface area contributed by atoms with E-state index in [1.807, 2.05) is 19.1 Å². The minimum Gasteiger partial charge on any atom is -0.212 e. The van der Waals surface area contributed by atoms with E-state index in [0.29, 0.717) is 5.56 Å². The van der Waals surface area contributed by atoms with E-state index in [1.54, 1.807) is 12.1 Å². The standard InChI is InChI=1S/C15H15F2NO2S/c1-11-2-4-12(5-3-11)10-21(19,20)18-9-13-6-7-14(16)8-15(13)17/h2-8,18H,9-10H2,1H3. The van der Waals surface area contributed by atoms with E-state index < -0.39 is 21.7 Å². The zero-order valence-corrected chi connectivity index (χ0v) is 12.3. The van der Waals surface area contributed by atoms with Crippen molar-refractivity contribution in [1.29, 1.82) is 0 Å². The second-order valence-corrected chi connectivity index (χ2v) is 6.61. The van der Waals surface area contributed by atoms with Crippen molar-refractivity contribution in [3.8, 4) is 0 Å². The Bertz CT molecular complexity index is 728. The minimum atomic E-state index is -3.58. The normalized spacial score (nSPS) is 11.6. The quantitative estimate of drug-likeness (QED) is 0.923. The fourth-order valence-corrected chi connectivity index (χ4v) is 2.92. The summed E-state index contributed by atoms with van der Waals surface area (Å²) < 4.78 is 52.4. The monoisotopic (exact) mass is 311 g/mol. The molecule has 0 unspecified atom stereocenters. The Morgan fingerprint density at radius 3 is 2.33 bits per heavy atom. The van der Waals surface area contributed by atoms with Gasteiger partial charge in [-0.05, 0) is 18.6 Å². The van der Waals surface area contributed by atoms with E-state index in [9.17, 15) is 17.2 Å². The van der Waals surface area contributed by atoms with E-state index in [4.69, 9.17) is 0 Å². The van der Waals surface area contributed by atoms with Gasteiger partial charge in [0.2, 0.25) is 10.0 Å². The highest BCUT2D eigenvalue weighted by atomic mass is 32.2. The first-order chi connectivity index (χ1) is 9.85. The van der Waals surface area contributed by atoms with Gasteiger partial charge in [-0.25, -0.2) is 21.9 Å². The zero-order valence-electron chi connectivity index (χ0n) is 11.4. The molecule has 0 aliphatic carbocycles. The van der Waals surface area contributed by atoms with E-state index in [1.165, 1.54) is 6.07 Å². The molecule has 0 fully saturated rings. The van der Waals surface area contributed by atoms with Gasteiger partial charge in [0.1, 0.15) is 11.6 Å². The maximum Gasteiger partial charge on any atom is 0.216 e. The van der Waals surface area contributed by atoms with Gasteiger partial charge in [-0.15, -0.1) is 0 Å². The molecule has 2 rings (SSSR count). The zero-order chi connectivity index (χ0) is 15.5. The summed E-state index contributed by atoms with van der Waals surface area (Å²) in [5, 5.41) is 0. The van der Waals surface area contributed by atoms with Crippen molar-refractivity contribution in [3.05, 3.63) is 70.8 Å². The number of benzene rings is 2. The molecule has 0 aliphatic heterocycles. The Hall–Kier alpha value is -1.79. The molecule has 0 aromatic heterocycles. The van der Waals surface area contributed by atoms with E-state index in [2.05, 4.69) is 4.72 Å². The summed E-state index contributed by atoms with van der Waals surface area (Å²) in [6.45, 7) is 1.70. The Morgan fingerprint density at radius 2 is 1.71 bits per heavy atom. The lowest BCUT2D eigenvalue weighted by molar-refractivity contribution is 0.562. The second-order valence-electron chi connectivity index (χ2n) is 4.80. The lowest BCUT2D eigenvalue weighted by atomic mass is 10.2. The summed E-state index contributed by atoms with van der Waals surface area (Å²) in [6.07, 6.45) is 0. The number of sulfonamides is 1. The predicted molar refractivity (Wildman–Crippen MR) is 77.0 cm³/mol. The summed E-state index contributed by atoms with van der Waals surface area (Å²) in [6, 6.07) is 10.1. The molecule has 6 heteroatoms. The summed E-state index contributed by atoms with van der Waals surface area (Å²) in [7, 11) is -3.58. The van der Waals surface area contributed by atoms with Crippen LogP contribution in [-0.4, -0.2) is 8.42 Å². The van der Waals surface area contributed by atoms with Gasteiger partial charge < -0.3 is 0 Å². The third-order valence-electron chi connectivity index (χ3n) is 2.97. The molecule has 3 nitrogen and oxygen atoms in total. The summed E-state index contributed by atoms with van der Waals surface area (Å²) in [5.74, 6) is -1.65. The fraction of sp³-hybridized carbons (Fsp3) is 0.200. The first-order valence-electron chi connectivity index (χ1n) is 6.32. The third-order valence-corrected chi connectivity index (χ3v) is 4.27. The number of nitrogens with one attached hydrogen (secondary N) is 1. The first kappa shape index (κ1) is 15.6. The fourth-order valence-electron chi connectivity index (χ4n) is 1.81. The van der Waals surface area contributed by atoms with Crippen LogP contribution in [0.2, 0.25) is 0 Å². The molecule has 0 amide bonds. The largest absolute Gasteiger partial charge is 0.216 e. The lowest BCUT2D eigenvalue weighted by Crippen LogP contribution is -2.25. The van der Waals surface area contributed by atoms with Gasteiger partial charge in [0.15, 0.2) is 0 Å². The molecule has 2 aromatic rings. The molecule has 0 aliphatic rings. The van der Waals surface area contributed by atoms with E-state index in [-0.39, 0.29) is 17.9 Å². The summed E-state index contributed by atoms with van der Waals surface area (Å²) in [4.78, 5) is 0. The van der Waals surface area contributed by atoms with Crippen LogP contribution in [0.4, 0.5) is 8.78 Å². The number of hydrogen-bond acceptors (Lipinski definition) is 2. The molecule has 0 bridgehead atoms.